The number of methoxy groups -OCH3 is 1. The maximum Gasteiger partial charge on any atom is 0.247 e. The number of nitrogens with zero attached hydrogens (tertiary/aromatic N) is 3. The summed E-state index contributed by atoms with van der Waals surface area (Å²) in [5, 5.41) is 0. The molecule has 6 nitrogen and oxygen atoms in total. The number of ether oxygens (including phenoxy) is 1. The lowest BCUT2D eigenvalue weighted by atomic mass is 9.94. The van der Waals surface area contributed by atoms with Gasteiger partial charge in [-0.1, -0.05) is 36.4 Å². The van der Waals surface area contributed by atoms with Crippen molar-refractivity contribution in [2.75, 3.05) is 13.7 Å². The summed E-state index contributed by atoms with van der Waals surface area (Å²) in [6, 6.07) is 14.6. The van der Waals surface area contributed by atoms with Crippen LogP contribution in [0, 0.1) is 6.92 Å². The van der Waals surface area contributed by atoms with E-state index in [9.17, 15) is 9.59 Å². The average Bonchev–Trinajstić information content (AvgIpc) is 3.28. The number of hydrogen-bond donors (Lipinski definition) is 0. The van der Waals surface area contributed by atoms with Crippen LogP contribution in [0.2, 0.25) is 0 Å². The van der Waals surface area contributed by atoms with Gasteiger partial charge in [0.2, 0.25) is 5.91 Å². The predicted molar refractivity (Wildman–Crippen MR) is 124 cm³/mol. The van der Waals surface area contributed by atoms with Gasteiger partial charge in [0.05, 0.1) is 30.9 Å². The molecule has 0 spiro atoms. The van der Waals surface area contributed by atoms with E-state index in [1.54, 1.807) is 30.5 Å². The summed E-state index contributed by atoms with van der Waals surface area (Å²) in [5.74, 6) is 0.549. The number of aromatic nitrogens is 2. The van der Waals surface area contributed by atoms with Crippen molar-refractivity contribution in [2.24, 2.45) is 0 Å². The Labute approximate surface area is 188 Å². The van der Waals surface area contributed by atoms with Crippen molar-refractivity contribution in [1.29, 1.82) is 0 Å². The Morgan fingerprint density at radius 2 is 1.94 bits per heavy atom. The van der Waals surface area contributed by atoms with Gasteiger partial charge in [-0.25, -0.2) is 4.98 Å². The molecule has 2 aromatic carbocycles. The molecule has 0 aliphatic carbocycles. The maximum absolute atomic E-state index is 13.0. The SMILES string of the molecule is COc1cc(C=CC(=O)N2CCCCC2C(=O)c2ccccc2)ccc1-n1cnc(C)c1. The number of hydrogen-bond acceptors (Lipinski definition) is 4. The highest BCUT2D eigenvalue weighted by Gasteiger charge is 2.31. The molecule has 6 heteroatoms. The predicted octanol–water partition coefficient (Wildman–Crippen LogP) is 4.47. The third kappa shape index (κ3) is 4.64. The number of aryl methyl sites for hydroxylation is 1. The number of rotatable bonds is 6. The molecule has 1 aliphatic rings. The molecular weight excluding hydrogens is 402 g/mol. The lowest BCUT2D eigenvalue weighted by Crippen LogP contribution is -2.47. The minimum Gasteiger partial charge on any atom is -0.495 e. The van der Waals surface area contributed by atoms with Crippen LogP contribution in [-0.2, 0) is 4.79 Å². The van der Waals surface area contributed by atoms with Crippen molar-refractivity contribution in [1.82, 2.24) is 14.5 Å². The summed E-state index contributed by atoms with van der Waals surface area (Å²) in [4.78, 5) is 32.0. The monoisotopic (exact) mass is 429 g/mol. The van der Waals surface area contributed by atoms with Gasteiger partial charge in [-0.3, -0.25) is 9.59 Å². The number of ketones is 1. The first-order valence-corrected chi connectivity index (χ1v) is 10.8. The molecule has 0 bridgehead atoms. The number of amides is 1. The van der Waals surface area contributed by atoms with Crippen LogP contribution in [0.5, 0.6) is 5.75 Å². The second-order valence-corrected chi connectivity index (χ2v) is 7.96. The number of likely N-dealkylation sites (tertiary alicyclic amines) is 1. The largest absolute Gasteiger partial charge is 0.495 e. The summed E-state index contributed by atoms with van der Waals surface area (Å²) in [6.07, 6.45) is 9.54. The van der Waals surface area contributed by atoms with E-state index >= 15 is 0 Å². The van der Waals surface area contributed by atoms with Gasteiger partial charge in [-0.15, -0.1) is 0 Å². The van der Waals surface area contributed by atoms with Crippen molar-refractivity contribution in [3.63, 3.8) is 0 Å². The normalized spacial score (nSPS) is 16.3. The summed E-state index contributed by atoms with van der Waals surface area (Å²) >= 11 is 0. The lowest BCUT2D eigenvalue weighted by Gasteiger charge is -2.34. The molecular formula is C26H27N3O3. The van der Waals surface area contributed by atoms with Crippen molar-refractivity contribution in [3.8, 4) is 11.4 Å². The first kappa shape index (κ1) is 21.6. The molecule has 0 radical (unpaired) electrons. The van der Waals surface area contributed by atoms with E-state index in [1.165, 1.54) is 0 Å². The smallest absolute Gasteiger partial charge is 0.247 e. The van der Waals surface area contributed by atoms with Gasteiger partial charge in [-0.2, -0.15) is 0 Å². The van der Waals surface area contributed by atoms with Crippen LogP contribution in [0.1, 0.15) is 40.9 Å². The van der Waals surface area contributed by atoms with Crippen LogP contribution < -0.4 is 4.74 Å². The Bertz CT molecular complexity index is 1130. The van der Waals surface area contributed by atoms with Gasteiger partial charge >= 0.3 is 0 Å². The number of carbonyl (C=O) groups is 2. The topological polar surface area (TPSA) is 64.4 Å². The minimum absolute atomic E-state index is 0.00805. The fraction of sp³-hybridized carbons (Fsp3) is 0.269. The lowest BCUT2D eigenvalue weighted by molar-refractivity contribution is -0.128. The standard InChI is InChI=1S/C26H27N3O3/c1-19-17-28(18-27-19)22-13-11-20(16-24(22)32-2)12-14-25(30)29-15-7-6-10-23(29)26(31)21-8-4-3-5-9-21/h3-5,8-9,11-14,16-18,23H,6-7,10,15H2,1-2H3. The van der Waals surface area contributed by atoms with Gasteiger partial charge < -0.3 is 14.2 Å². The Kier molecular flexibility index (Phi) is 6.50. The van der Waals surface area contributed by atoms with Gasteiger partial charge in [-0.05, 0) is 50.0 Å². The van der Waals surface area contributed by atoms with Gasteiger partial charge in [0, 0.05) is 24.4 Å². The van der Waals surface area contributed by atoms with Crippen LogP contribution in [0.25, 0.3) is 11.8 Å². The molecule has 0 saturated carbocycles. The molecule has 1 aromatic heterocycles. The number of Topliss-reactive ketones (excluding diaryl/α,β-unsaturated/α-hetero) is 1. The zero-order valence-electron chi connectivity index (χ0n) is 18.4. The van der Waals surface area contributed by atoms with E-state index in [-0.39, 0.29) is 11.7 Å². The van der Waals surface area contributed by atoms with Crippen LogP contribution in [-0.4, -0.2) is 45.8 Å². The maximum atomic E-state index is 13.0. The molecule has 1 fully saturated rings. The first-order chi connectivity index (χ1) is 15.6. The van der Waals surface area contributed by atoms with E-state index in [0.29, 0.717) is 24.3 Å². The third-order valence-corrected chi connectivity index (χ3v) is 5.76. The van der Waals surface area contributed by atoms with Gasteiger partial charge in [0.25, 0.3) is 0 Å². The molecule has 1 amide bonds. The first-order valence-electron chi connectivity index (χ1n) is 10.8. The average molecular weight is 430 g/mol. The molecule has 164 valence electrons. The van der Waals surface area contributed by atoms with Crippen LogP contribution in [0.15, 0.2) is 67.1 Å². The molecule has 0 N–H and O–H groups in total. The van der Waals surface area contributed by atoms with E-state index in [2.05, 4.69) is 4.98 Å². The number of piperidine rings is 1. The number of imidazole rings is 1. The fourth-order valence-electron chi connectivity index (χ4n) is 4.09. The van der Waals surface area contributed by atoms with E-state index in [1.807, 2.05) is 66.2 Å². The second-order valence-electron chi connectivity index (χ2n) is 7.96. The second kappa shape index (κ2) is 9.64. The molecule has 1 saturated heterocycles. The quantitative estimate of drug-likeness (QED) is 0.429. The highest BCUT2D eigenvalue weighted by molar-refractivity contribution is 6.03. The summed E-state index contributed by atoms with van der Waals surface area (Å²) in [7, 11) is 1.62. The van der Waals surface area contributed by atoms with E-state index < -0.39 is 6.04 Å². The molecule has 1 atom stereocenters. The van der Waals surface area contributed by atoms with E-state index in [4.69, 9.17) is 4.74 Å². The summed E-state index contributed by atoms with van der Waals surface area (Å²) < 4.78 is 7.45. The molecule has 2 heterocycles. The Hall–Kier alpha value is -3.67. The summed E-state index contributed by atoms with van der Waals surface area (Å²) in [5.41, 5.74) is 3.29. The molecule has 1 unspecified atom stereocenters. The van der Waals surface area contributed by atoms with Crippen molar-refractivity contribution in [3.05, 3.63) is 84.0 Å². The highest BCUT2D eigenvalue weighted by atomic mass is 16.5. The van der Waals surface area contributed by atoms with Crippen molar-refractivity contribution < 1.29 is 14.3 Å². The van der Waals surface area contributed by atoms with Gasteiger partial charge in [0.15, 0.2) is 5.78 Å². The minimum atomic E-state index is -0.412. The molecule has 1 aliphatic heterocycles. The fourth-order valence-corrected chi connectivity index (χ4v) is 4.09. The molecule has 32 heavy (non-hydrogen) atoms. The van der Waals surface area contributed by atoms with Crippen LogP contribution >= 0.6 is 0 Å². The number of benzene rings is 2. The van der Waals surface area contributed by atoms with Crippen LogP contribution in [0.3, 0.4) is 0 Å². The highest BCUT2D eigenvalue weighted by Crippen LogP contribution is 2.26. The van der Waals surface area contributed by atoms with Crippen molar-refractivity contribution >= 4 is 17.8 Å². The Morgan fingerprint density at radius 1 is 1.12 bits per heavy atom. The Morgan fingerprint density at radius 3 is 2.66 bits per heavy atom. The van der Waals surface area contributed by atoms with Gasteiger partial charge in [0.1, 0.15) is 5.75 Å². The Balaban J connectivity index is 1.52. The van der Waals surface area contributed by atoms with Crippen molar-refractivity contribution in [2.45, 2.75) is 32.2 Å². The third-order valence-electron chi connectivity index (χ3n) is 5.76. The van der Waals surface area contributed by atoms with E-state index in [0.717, 1.165) is 29.8 Å². The molecule has 3 aromatic rings. The van der Waals surface area contributed by atoms with Crippen LogP contribution in [0.4, 0.5) is 0 Å². The zero-order valence-corrected chi connectivity index (χ0v) is 18.4. The summed E-state index contributed by atoms with van der Waals surface area (Å²) in [6.45, 7) is 2.52. The number of carbonyl (C=O) groups excluding carboxylic acids is 2. The zero-order chi connectivity index (χ0) is 22.5. The molecule has 4 rings (SSSR count).